The summed E-state index contributed by atoms with van der Waals surface area (Å²) in [6, 6.07) is 9.95. The van der Waals surface area contributed by atoms with Crippen LogP contribution in [0.1, 0.15) is 22.7 Å². The highest BCUT2D eigenvalue weighted by atomic mass is 16.5. The Hall–Kier alpha value is -3.29. The molecular weight excluding hydrogens is 340 g/mol. The third kappa shape index (κ3) is 3.53. The van der Waals surface area contributed by atoms with Crippen molar-refractivity contribution in [2.75, 3.05) is 18.6 Å². The maximum Gasteiger partial charge on any atom is 0.371 e. The number of aromatic carboxylic acids is 1. The number of carboxylic acid groups (broad SMARTS) is 1. The molecule has 1 aliphatic rings. The third-order valence-corrected chi connectivity index (χ3v) is 4.18. The van der Waals surface area contributed by atoms with Crippen molar-refractivity contribution >= 4 is 23.5 Å². The van der Waals surface area contributed by atoms with E-state index in [1.807, 2.05) is 6.07 Å². The summed E-state index contributed by atoms with van der Waals surface area (Å²) in [7, 11) is 1.53. The highest BCUT2D eigenvalue weighted by Gasteiger charge is 2.36. The number of rotatable bonds is 6. The van der Waals surface area contributed by atoms with Gasteiger partial charge in [0.2, 0.25) is 17.6 Å². The van der Waals surface area contributed by atoms with Crippen LogP contribution in [-0.4, -0.2) is 36.5 Å². The molecule has 3 rings (SSSR count). The number of methoxy groups -OCH3 is 1. The van der Waals surface area contributed by atoms with E-state index in [-0.39, 0.29) is 37.1 Å². The summed E-state index contributed by atoms with van der Waals surface area (Å²) < 4.78 is 10.4. The lowest BCUT2D eigenvalue weighted by molar-refractivity contribution is -0.126. The monoisotopic (exact) mass is 358 g/mol. The second-order valence-corrected chi connectivity index (χ2v) is 5.87. The van der Waals surface area contributed by atoms with Gasteiger partial charge in [0.05, 0.1) is 25.3 Å². The molecule has 0 bridgehead atoms. The zero-order valence-corrected chi connectivity index (χ0v) is 14.1. The molecule has 1 aromatic heterocycles. The van der Waals surface area contributed by atoms with E-state index in [4.69, 9.17) is 14.3 Å². The Kier molecular flexibility index (Phi) is 4.92. The molecule has 2 heterocycles. The van der Waals surface area contributed by atoms with E-state index in [0.29, 0.717) is 17.2 Å². The average Bonchev–Trinajstić information content (AvgIpc) is 3.26. The summed E-state index contributed by atoms with van der Waals surface area (Å²) in [6.45, 7) is 0.315. The van der Waals surface area contributed by atoms with Gasteiger partial charge in [-0.25, -0.2) is 4.79 Å². The first-order valence-corrected chi connectivity index (χ1v) is 8.02. The molecule has 8 heteroatoms. The van der Waals surface area contributed by atoms with Gasteiger partial charge in [0.1, 0.15) is 11.5 Å². The van der Waals surface area contributed by atoms with Gasteiger partial charge < -0.3 is 24.5 Å². The molecule has 2 aromatic rings. The molecule has 0 spiro atoms. The normalized spacial score (nSPS) is 16.6. The van der Waals surface area contributed by atoms with Crippen molar-refractivity contribution in [3.63, 3.8) is 0 Å². The van der Waals surface area contributed by atoms with Crippen molar-refractivity contribution in [3.8, 4) is 5.75 Å². The molecule has 0 saturated carbocycles. The summed E-state index contributed by atoms with van der Waals surface area (Å²) in [6.07, 6.45) is 0.0996. The number of amides is 2. The Morgan fingerprint density at radius 2 is 2.08 bits per heavy atom. The van der Waals surface area contributed by atoms with E-state index in [2.05, 4.69) is 5.32 Å². The lowest BCUT2D eigenvalue weighted by atomic mass is 10.1. The largest absolute Gasteiger partial charge is 0.495 e. The van der Waals surface area contributed by atoms with Crippen molar-refractivity contribution in [2.45, 2.75) is 13.0 Å². The maximum atomic E-state index is 12.4. The highest BCUT2D eigenvalue weighted by molar-refractivity contribution is 6.01. The molecule has 0 radical (unpaired) electrons. The molecule has 1 aliphatic heterocycles. The number of carbonyl (C=O) groups excluding carboxylic acids is 2. The van der Waals surface area contributed by atoms with Crippen LogP contribution in [0.15, 0.2) is 40.8 Å². The Balaban J connectivity index is 1.62. The first-order chi connectivity index (χ1) is 12.5. The standard InChI is InChI=1S/C18H18N2O6/c1-25-14-5-3-2-4-13(14)20-10-11(8-16(20)21)17(22)19-9-12-6-7-15(26-12)18(23)24/h2-7,11H,8-10H2,1H3,(H,19,22)(H,23,24)/t11-/m1/s1. The summed E-state index contributed by atoms with van der Waals surface area (Å²) in [5, 5.41) is 11.5. The van der Waals surface area contributed by atoms with Crippen LogP contribution >= 0.6 is 0 Å². The summed E-state index contributed by atoms with van der Waals surface area (Å²) in [5.41, 5.74) is 0.632. The number of ether oxygens (including phenoxy) is 1. The van der Waals surface area contributed by atoms with Crippen molar-refractivity contribution < 1.29 is 28.6 Å². The quantitative estimate of drug-likeness (QED) is 0.813. The number of nitrogens with one attached hydrogen (secondary N) is 1. The fourth-order valence-corrected chi connectivity index (χ4v) is 2.88. The Morgan fingerprint density at radius 1 is 1.31 bits per heavy atom. The minimum atomic E-state index is -1.17. The topological polar surface area (TPSA) is 109 Å². The number of carboxylic acids is 1. The molecule has 1 aromatic carbocycles. The van der Waals surface area contributed by atoms with E-state index >= 15 is 0 Å². The lowest BCUT2D eigenvalue weighted by Crippen LogP contribution is -2.32. The van der Waals surface area contributed by atoms with Crippen LogP contribution in [0.25, 0.3) is 0 Å². The first kappa shape index (κ1) is 17.5. The van der Waals surface area contributed by atoms with Gasteiger partial charge in [-0.05, 0) is 24.3 Å². The minimum Gasteiger partial charge on any atom is -0.495 e. The predicted octanol–water partition coefficient (Wildman–Crippen LogP) is 1.66. The van der Waals surface area contributed by atoms with Crippen LogP contribution in [0.4, 0.5) is 5.69 Å². The van der Waals surface area contributed by atoms with Gasteiger partial charge in [0, 0.05) is 13.0 Å². The number of anilines is 1. The van der Waals surface area contributed by atoms with Crippen LogP contribution in [0.5, 0.6) is 5.75 Å². The number of furan rings is 1. The summed E-state index contributed by atoms with van der Waals surface area (Å²) >= 11 is 0. The van der Waals surface area contributed by atoms with Gasteiger partial charge in [0.15, 0.2) is 0 Å². The number of para-hydroxylation sites is 2. The number of benzene rings is 1. The predicted molar refractivity (Wildman–Crippen MR) is 91.0 cm³/mol. The van der Waals surface area contributed by atoms with Gasteiger partial charge >= 0.3 is 5.97 Å². The molecule has 26 heavy (non-hydrogen) atoms. The molecule has 0 aliphatic carbocycles. The molecule has 1 atom stereocenters. The fraction of sp³-hybridized carbons (Fsp3) is 0.278. The van der Waals surface area contributed by atoms with Crippen LogP contribution < -0.4 is 15.0 Å². The second-order valence-electron chi connectivity index (χ2n) is 5.87. The fourth-order valence-electron chi connectivity index (χ4n) is 2.88. The third-order valence-electron chi connectivity index (χ3n) is 4.18. The first-order valence-electron chi connectivity index (χ1n) is 8.02. The maximum absolute atomic E-state index is 12.4. The van der Waals surface area contributed by atoms with Gasteiger partial charge in [-0.1, -0.05) is 12.1 Å². The average molecular weight is 358 g/mol. The second kappa shape index (κ2) is 7.30. The number of carbonyl (C=O) groups is 3. The van der Waals surface area contributed by atoms with Crippen LogP contribution in [0, 0.1) is 5.92 Å². The SMILES string of the molecule is COc1ccccc1N1C[C@H](C(=O)NCc2ccc(C(=O)O)o2)CC1=O. The van der Waals surface area contributed by atoms with Crippen molar-refractivity contribution in [1.82, 2.24) is 5.32 Å². The van der Waals surface area contributed by atoms with Gasteiger partial charge in [0.25, 0.3) is 0 Å². The van der Waals surface area contributed by atoms with E-state index in [0.717, 1.165) is 0 Å². The number of hydrogen-bond donors (Lipinski definition) is 2. The van der Waals surface area contributed by atoms with Gasteiger partial charge in [-0.2, -0.15) is 0 Å². The molecule has 2 N–H and O–H groups in total. The minimum absolute atomic E-state index is 0.0610. The molecule has 2 amide bonds. The van der Waals surface area contributed by atoms with Crippen molar-refractivity contribution in [1.29, 1.82) is 0 Å². The zero-order valence-electron chi connectivity index (χ0n) is 14.1. The molecular formula is C18H18N2O6. The van der Waals surface area contributed by atoms with Crippen LogP contribution in [0.2, 0.25) is 0 Å². The summed E-state index contributed by atoms with van der Waals surface area (Å²) in [5.74, 6) is -1.39. The Labute approximate surface area is 149 Å². The molecule has 136 valence electrons. The molecule has 8 nitrogen and oxygen atoms in total. The van der Waals surface area contributed by atoms with Crippen LogP contribution in [-0.2, 0) is 16.1 Å². The summed E-state index contributed by atoms with van der Waals surface area (Å²) in [4.78, 5) is 37.0. The van der Waals surface area contributed by atoms with E-state index < -0.39 is 11.9 Å². The van der Waals surface area contributed by atoms with Gasteiger partial charge in [-0.15, -0.1) is 0 Å². The molecule has 1 fully saturated rings. The van der Waals surface area contributed by atoms with E-state index in [1.165, 1.54) is 19.2 Å². The number of hydrogen-bond acceptors (Lipinski definition) is 5. The lowest BCUT2D eigenvalue weighted by Gasteiger charge is -2.19. The number of nitrogens with zero attached hydrogens (tertiary/aromatic N) is 1. The molecule has 1 saturated heterocycles. The van der Waals surface area contributed by atoms with E-state index in [9.17, 15) is 14.4 Å². The van der Waals surface area contributed by atoms with E-state index in [1.54, 1.807) is 23.1 Å². The Bertz CT molecular complexity index is 844. The highest BCUT2D eigenvalue weighted by Crippen LogP contribution is 2.32. The molecule has 0 unspecified atom stereocenters. The Morgan fingerprint density at radius 3 is 2.77 bits per heavy atom. The zero-order chi connectivity index (χ0) is 18.7. The van der Waals surface area contributed by atoms with Crippen molar-refractivity contribution in [3.05, 3.63) is 47.9 Å². The van der Waals surface area contributed by atoms with Crippen molar-refractivity contribution in [2.24, 2.45) is 5.92 Å². The smallest absolute Gasteiger partial charge is 0.371 e. The van der Waals surface area contributed by atoms with Crippen LogP contribution in [0.3, 0.4) is 0 Å². The van der Waals surface area contributed by atoms with Gasteiger partial charge in [-0.3, -0.25) is 9.59 Å².